The summed E-state index contributed by atoms with van der Waals surface area (Å²) in [6.07, 6.45) is 1.54. The van der Waals surface area contributed by atoms with E-state index >= 15 is 0 Å². The van der Waals surface area contributed by atoms with Crippen molar-refractivity contribution in [3.05, 3.63) is 87.3 Å². The second-order valence-corrected chi connectivity index (χ2v) is 7.66. The number of carbonyl (C=O) groups is 2. The molecule has 4 aromatic rings. The minimum absolute atomic E-state index is 0.0167. The molecule has 8 nitrogen and oxygen atoms in total. The van der Waals surface area contributed by atoms with Crippen LogP contribution in [0.15, 0.2) is 58.4 Å². The van der Waals surface area contributed by atoms with Gasteiger partial charge in [-0.1, -0.05) is 12.1 Å². The first-order chi connectivity index (χ1) is 16.2. The zero-order valence-corrected chi connectivity index (χ0v) is 18.6. The number of hydrogen-bond acceptors (Lipinski definition) is 5. The average molecular weight is 466 g/mol. The third kappa shape index (κ3) is 3.87. The molecule has 0 saturated heterocycles. The first-order valence-corrected chi connectivity index (χ1v) is 10.5. The zero-order valence-electron chi connectivity index (χ0n) is 18.6. The van der Waals surface area contributed by atoms with Crippen molar-refractivity contribution in [2.45, 2.75) is 26.8 Å². The molecule has 0 spiro atoms. The summed E-state index contributed by atoms with van der Waals surface area (Å²) in [6.45, 7) is 5.07. The molecule has 0 aliphatic carbocycles. The van der Waals surface area contributed by atoms with Gasteiger partial charge >= 0.3 is 5.97 Å². The normalized spacial score (nSPS) is 12.0. The average Bonchev–Trinajstić information content (AvgIpc) is 2.78. The molecule has 0 aliphatic rings. The van der Waals surface area contributed by atoms with Crippen LogP contribution < -0.4 is 11.0 Å². The van der Waals surface area contributed by atoms with E-state index in [0.29, 0.717) is 5.65 Å². The largest absolute Gasteiger partial charge is 0.462 e. The Morgan fingerprint density at radius 1 is 1.12 bits per heavy atom. The molecule has 1 amide bonds. The van der Waals surface area contributed by atoms with Gasteiger partial charge in [-0.25, -0.2) is 18.6 Å². The van der Waals surface area contributed by atoms with Crippen LogP contribution in [0.4, 0.5) is 8.78 Å². The van der Waals surface area contributed by atoms with Gasteiger partial charge in [0.25, 0.3) is 11.5 Å². The summed E-state index contributed by atoms with van der Waals surface area (Å²) in [5, 5.41) is 0.0870. The summed E-state index contributed by atoms with van der Waals surface area (Å²) in [5.74, 6) is -4.26. The lowest BCUT2D eigenvalue weighted by molar-refractivity contribution is 0.0523. The number of rotatable bonds is 4. The highest BCUT2D eigenvalue weighted by atomic mass is 19.1. The third-order valence-electron chi connectivity index (χ3n) is 5.13. The van der Waals surface area contributed by atoms with Crippen molar-refractivity contribution in [1.82, 2.24) is 14.0 Å². The second-order valence-electron chi connectivity index (χ2n) is 7.66. The van der Waals surface area contributed by atoms with Gasteiger partial charge in [0.2, 0.25) is 0 Å². The van der Waals surface area contributed by atoms with Gasteiger partial charge in [0, 0.05) is 12.2 Å². The number of nitrogens with zero attached hydrogens (tertiary/aromatic N) is 4. The minimum atomic E-state index is -1.23. The molecule has 3 aromatic heterocycles. The molecule has 10 heteroatoms. The van der Waals surface area contributed by atoms with Crippen molar-refractivity contribution < 1.29 is 23.1 Å². The number of fused-ring (bicyclic) bond motifs is 2. The van der Waals surface area contributed by atoms with Gasteiger partial charge in [-0.3, -0.25) is 14.0 Å². The van der Waals surface area contributed by atoms with Crippen LogP contribution in [0.1, 0.15) is 47.5 Å². The van der Waals surface area contributed by atoms with E-state index in [-0.39, 0.29) is 28.7 Å². The van der Waals surface area contributed by atoms with Gasteiger partial charge in [-0.15, -0.1) is 0 Å². The maximum absolute atomic E-state index is 14.2. The number of carbonyl (C=O) groups excluding carboxylic acids is 2. The fourth-order valence-corrected chi connectivity index (χ4v) is 3.66. The molecule has 0 aliphatic heterocycles. The Balaban J connectivity index is 2.17. The molecule has 0 radical (unpaired) electrons. The number of halogens is 2. The van der Waals surface area contributed by atoms with Crippen LogP contribution in [-0.4, -0.2) is 32.4 Å². The molecule has 0 unspecified atom stereocenters. The van der Waals surface area contributed by atoms with Crippen molar-refractivity contribution in [2.75, 3.05) is 6.61 Å². The van der Waals surface area contributed by atoms with Crippen LogP contribution in [0.2, 0.25) is 0 Å². The monoisotopic (exact) mass is 466 g/mol. The van der Waals surface area contributed by atoms with Crippen LogP contribution in [-0.2, 0) is 4.74 Å². The summed E-state index contributed by atoms with van der Waals surface area (Å²) in [6, 6.07) is 8.77. The maximum atomic E-state index is 14.2. The highest BCUT2D eigenvalue weighted by Gasteiger charge is 2.23. The van der Waals surface area contributed by atoms with Crippen LogP contribution in [0.3, 0.4) is 0 Å². The minimum Gasteiger partial charge on any atom is -0.462 e. The summed E-state index contributed by atoms with van der Waals surface area (Å²) in [4.78, 5) is 47.4. The van der Waals surface area contributed by atoms with E-state index in [1.807, 2.05) is 0 Å². The van der Waals surface area contributed by atoms with Gasteiger partial charge < -0.3 is 9.30 Å². The van der Waals surface area contributed by atoms with E-state index in [1.165, 1.54) is 21.2 Å². The van der Waals surface area contributed by atoms with Gasteiger partial charge in [-0.2, -0.15) is 4.99 Å². The van der Waals surface area contributed by atoms with Gasteiger partial charge in [0.05, 0.1) is 12.0 Å². The van der Waals surface area contributed by atoms with Crippen LogP contribution in [0.5, 0.6) is 0 Å². The molecule has 3 heterocycles. The number of hydrogen-bond donors (Lipinski definition) is 0. The van der Waals surface area contributed by atoms with E-state index in [4.69, 9.17) is 4.74 Å². The molecule has 34 heavy (non-hydrogen) atoms. The molecule has 0 bridgehead atoms. The van der Waals surface area contributed by atoms with E-state index < -0.39 is 40.7 Å². The van der Waals surface area contributed by atoms with Gasteiger partial charge in [0.15, 0.2) is 5.49 Å². The number of ether oxygens (including phenoxy) is 1. The molecule has 1 aromatic carbocycles. The SMILES string of the molecule is CCOC(=O)c1cc2c(=O)n3ccccc3nc2n(C(C)C)c1=NC(=O)c1c(F)cccc1F. The molecular formula is C24H20F2N4O4. The zero-order chi connectivity index (χ0) is 24.6. The predicted octanol–water partition coefficient (Wildman–Crippen LogP) is 3.43. The Labute approximate surface area is 191 Å². The summed E-state index contributed by atoms with van der Waals surface area (Å²) >= 11 is 0. The van der Waals surface area contributed by atoms with E-state index in [2.05, 4.69) is 9.98 Å². The molecule has 0 fully saturated rings. The highest BCUT2D eigenvalue weighted by Crippen LogP contribution is 2.17. The fourth-order valence-electron chi connectivity index (χ4n) is 3.66. The summed E-state index contributed by atoms with van der Waals surface area (Å²) in [5.41, 5.74) is -1.25. The highest BCUT2D eigenvalue weighted by molar-refractivity contribution is 5.97. The Morgan fingerprint density at radius 2 is 1.82 bits per heavy atom. The molecule has 0 saturated carbocycles. The Hall–Kier alpha value is -4.21. The lowest BCUT2D eigenvalue weighted by atomic mass is 10.1. The van der Waals surface area contributed by atoms with Crippen molar-refractivity contribution in [3.8, 4) is 0 Å². The smallest absolute Gasteiger partial charge is 0.341 e. The van der Waals surface area contributed by atoms with Crippen molar-refractivity contribution in [3.63, 3.8) is 0 Å². The van der Waals surface area contributed by atoms with Crippen LogP contribution in [0, 0.1) is 11.6 Å². The Kier molecular flexibility index (Phi) is 6.06. The van der Waals surface area contributed by atoms with Crippen LogP contribution in [0.25, 0.3) is 16.7 Å². The first-order valence-electron chi connectivity index (χ1n) is 10.5. The first kappa shape index (κ1) is 23.0. The number of pyridine rings is 2. The maximum Gasteiger partial charge on any atom is 0.341 e. The number of benzene rings is 1. The number of amides is 1. The van der Waals surface area contributed by atoms with E-state index in [9.17, 15) is 23.2 Å². The second kappa shape index (κ2) is 8.97. The summed E-state index contributed by atoms with van der Waals surface area (Å²) < 4.78 is 36.3. The van der Waals surface area contributed by atoms with Crippen LogP contribution >= 0.6 is 0 Å². The quantitative estimate of drug-likeness (QED) is 0.339. The Bertz CT molecular complexity index is 1570. The molecular weight excluding hydrogens is 446 g/mol. The molecule has 4 rings (SSSR count). The predicted molar refractivity (Wildman–Crippen MR) is 120 cm³/mol. The molecule has 174 valence electrons. The standard InChI is InChI=1S/C24H20F2N4O4/c1-4-34-24(33)15-12-14-20(27-18-10-5-6-11-29(18)23(14)32)30(13(2)3)21(15)28-22(31)19-16(25)8-7-9-17(19)26/h5-13H,4H2,1-3H3. The topological polar surface area (TPSA) is 95.0 Å². The van der Waals surface area contributed by atoms with Gasteiger partial charge in [0.1, 0.15) is 34.1 Å². The Morgan fingerprint density at radius 3 is 2.47 bits per heavy atom. The van der Waals surface area contributed by atoms with Crippen molar-refractivity contribution >= 4 is 28.6 Å². The number of esters is 1. The lowest BCUT2D eigenvalue weighted by Crippen LogP contribution is -2.33. The lowest BCUT2D eigenvalue weighted by Gasteiger charge is -2.17. The number of aromatic nitrogens is 3. The summed E-state index contributed by atoms with van der Waals surface area (Å²) in [7, 11) is 0. The van der Waals surface area contributed by atoms with E-state index in [0.717, 1.165) is 18.2 Å². The fraction of sp³-hybridized carbons (Fsp3) is 0.208. The molecule has 0 N–H and O–H groups in total. The third-order valence-corrected chi connectivity index (χ3v) is 5.13. The van der Waals surface area contributed by atoms with E-state index in [1.54, 1.807) is 39.0 Å². The van der Waals surface area contributed by atoms with Crippen molar-refractivity contribution in [1.29, 1.82) is 0 Å². The molecule has 0 atom stereocenters. The van der Waals surface area contributed by atoms with Gasteiger partial charge in [-0.05, 0) is 51.1 Å². The van der Waals surface area contributed by atoms with Crippen molar-refractivity contribution in [2.24, 2.45) is 4.99 Å².